The minimum absolute atomic E-state index is 0.0140. The number of benzene rings is 1. The monoisotopic (exact) mass is 373 g/mol. The van der Waals surface area contributed by atoms with E-state index < -0.39 is 0 Å². The molecule has 5 nitrogen and oxygen atoms in total. The van der Waals surface area contributed by atoms with Gasteiger partial charge in [0.05, 0.1) is 19.3 Å². The molecule has 2 aliphatic rings. The fourth-order valence-corrected chi connectivity index (χ4v) is 4.59. The van der Waals surface area contributed by atoms with Gasteiger partial charge in [-0.1, -0.05) is 49.1 Å². The lowest BCUT2D eigenvalue weighted by Gasteiger charge is -2.37. The molecule has 1 aliphatic heterocycles. The number of carbonyl (C=O) groups excluding carboxylic acids is 1. The molecule has 3 N–H and O–H groups in total. The predicted octanol–water partition coefficient (Wildman–Crippen LogP) is 2.78. The van der Waals surface area contributed by atoms with Crippen molar-refractivity contribution in [2.45, 2.75) is 51.5 Å². The summed E-state index contributed by atoms with van der Waals surface area (Å²) in [7, 11) is 0. The predicted molar refractivity (Wildman–Crippen MR) is 109 cm³/mol. The fourth-order valence-electron chi connectivity index (χ4n) is 4.59. The van der Waals surface area contributed by atoms with Crippen LogP contribution < -0.4 is 11.1 Å². The van der Waals surface area contributed by atoms with Gasteiger partial charge in [-0.05, 0) is 37.3 Å². The summed E-state index contributed by atoms with van der Waals surface area (Å²) in [6.45, 7) is 6.70. The number of nitrogens with one attached hydrogen (secondary N) is 1. The van der Waals surface area contributed by atoms with Gasteiger partial charge in [-0.15, -0.1) is 0 Å². The Morgan fingerprint density at radius 2 is 2.00 bits per heavy atom. The lowest BCUT2D eigenvalue weighted by molar-refractivity contribution is -0.124. The fraction of sp³-hybridized carbons (Fsp3) is 0.682. The van der Waals surface area contributed by atoms with E-state index in [1.807, 2.05) is 0 Å². The van der Waals surface area contributed by atoms with Gasteiger partial charge in [-0.25, -0.2) is 0 Å². The Bertz CT molecular complexity index is 607. The Labute approximate surface area is 163 Å². The van der Waals surface area contributed by atoms with E-state index in [2.05, 4.69) is 41.4 Å². The first-order valence-electron chi connectivity index (χ1n) is 10.5. The van der Waals surface area contributed by atoms with E-state index in [0.29, 0.717) is 19.5 Å². The van der Waals surface area contributed by atoms with Gasteiger partial charge >= 0.3 is 0 Å². The molecule has 2 fully saturated rings. The van der Waals surface area contributed by atoms with Crippen molar-refractivity contribution in [3.8, 4) is 0 Å². The van der Waals surface area contributed by atoms with Crippen LogP contribution in [0.2, 0.25) is 0 Å². The Balaban J connectivity index is 1.64. The van der Waals surface area contributed by atoms with Gasteiger partial charge in [0.25, 0.3) is 0 Å². The number of nitrogens with zero attached hydrogens (tertiary/aromatic N) is 1. The van der Waals surface area contributed by atoms with Crippen molar-refractivity contribution in [2.24, 2.45) is 11.1 Å². The van der Waals surface area contributed by atoms with Crippen molar-refractivity contribution in [2.75, 3.05) is 39.4 Å². The van der Waals surface area contributed by atoms with Crippen LogP contribution in [0.1, 0.15) is 55.7 Å². The molecule has 1 saturated heterocycles. The van der Waals surface area contributed by atoms with Crippen LogP contribution in [-0.2, 0) is 9.53 Å². The summed E-state index contributed by atoms with van der Waals surface area (Å²) in [5.74, 6) is 0.147. The normalized spacial score (nSPS) is 21.6. The van der Waals surface area contributed by atoms with Crippen LogP contribution in [0.4, 0.5) is 0 Å². The molecule has 5 heteroatoms. The summed E-state index contributed by atoms with van der Waals surface area (Å²) in [6.07, 6.45) is 6.40. The standard InChI is InChI=1S/C22H35N3O2/c1-18-6-5-7-19(14-18)20(25-10-12-27-13-11-25)16-24-21(26)15-22(17-23)8-3-2-4-9-22/h5-7,14,20H,2-4,8-13,15-17,23H2,1H3,(H,24,26). The van der Waals surface area contributed by atoms with Crippen LogP contribution in [0, 0.1) is 12.3 Å². The second-order valence-electron chi connectivity index (χ2n) is 8.32. The van der Waals surface area contributed by atoms with Crippen molar-refractivity contribution in [3.05, 3.63) is 35.4 Å². The molecule has 0 spiro atoms. The summed E-state index contributed by atoms with van der Waals surface area (Å²) in [4.78, 5) is 15.2. The highest BCUT2D eigenvalue weighted by Crippen LogP contribution is 2.38. The van der Waals surface area contributed by atoms with E-state index in [1.165, 1.54) is 30.4 Å². The van der Waals surface area contributed by atoms with Crippen molar-refractivity contribution >= 4 is 5.91 Å². The van der Waals surface area contributed by atoms with Gasteiger partial charge in [-0.2, -0.15) is 0 Å². The molecule has 1 aromatic rings. The van der Waals surface area contributed by atoms with Crippen LogP contribution in [0.15, 0.2) is 24.3 Å². The third-order valence-electron chi connectivity index (χ3n) is 6.29. The zero-order valence-electron chi connectivity index (χ0n) is 16.7. The van der Waals surface area contributed by atoms with Crippen LogP contribution in [0.5, 0.6) is 0 Å². The molecule has 1 atom stereocenters. The maximum absolute atomic E-state index is 12.8. The van der Waals surface area contributed by atoms with E-state index in [0.717, 1.165) is 39.1 Å². The van der Waals surface area contributed by atoms with Crippen molar-refractivity contribution in [1.29, 1.82) is 0 Å². The maximum atomic E-state index is 12.8. The second-order valence-corrected chi connectivity index (χ2v) is 8.32. The summed E-state index contributed by atoms with van der Waals surface area (Å²) in [5.41, 5.74) is 8.60. The van der Waals surface area contributed by atoms with Gasteiger partial charge in [0.2, 0.25) is 5.91 Å². The summed E-state index contributed by atoms with van der Waals surface area (Å²) in [5, 5.41) is 3.23. The quantitative estimate of drug-likeness (QED) is 0.771. The first-order valence-corrected chi connectivity index (χ1v) is 10.5. The molecule has 1 heterocycles. The summed E-state index contributed by atoms with van der Waals surface area (Å²) >= 11 is 0. The number of morpholine rings is 1. The largest absolute Gasteiger partial charge is 0.379 e. The summed E-state index contributed by atoms with van der Waals surface area (Å²) in [6, 6.07) is 8.81. The molecule has 27 heavy (non-hydrogen) atoms. The number of rotatable bonds is 7. The molecule has 1 aliphatic carbocycles. The van der Waals surface area contributed by atoms with E-state index in [9.17, 15) is 4.79 Å². The van der Waals surface area contributed by atoms with Gasteiger partial charge in [-0.3, -0.25) is 9.69 Å². The highest BCUT2D eigenvalue weighted by atomic mass is 16.5. The van der Waals surface area contributed by atoms with Crippen LogP contribution in [-0.4, -0.2) is 50.2 Å². The molecule has 0 bridgehead atoms. The molecular weight excluding hydrogens is 338 g/mol. The third-order valence-corrected chi connectivity index (χ3v) is 6.29. The first-order chi connectivity index (χ1) is 13.1. The number of hydrogen-bond acceptors (Lipinski definition) is 4. The highest BCUT2D eigenvalue weighted by molar-refractivity contribution is 5.76. The molecule has 150 valence electrons. The minimum atomic E-state index is 0.0140. The molecule has 1 aromatic carbocycles. The topological polar surface area (TPSA) is 67.6 Å². The minimum Gasteiger partial charge on any atom is -0.379 e. The van der Waals surface area contributed by atoms with E-state index in [4.69, 9.17) is 10.5 Å². The Hall–Kier alpha value is -1.43. The van der Waals surface area contributed by atoms with E-state index in [1.54, 1.807) is 0 Å². The average molecular weight is 374 g/mol. The van der Waals surface area contributed by atoms with Crippen LogP contribution >= 0.6 is 0 Å². The maximum Gasteiger partial charge on any atom is 0.220 e. The number of nitrogens with two attached hydrogens (primary N) is 1. The molecule has 1 saturated carbocycles. The number of carbonyl (C=O) groups is 1. The van der Waals surface area contributed by atoms with Gasteiger partial charge < -0.3 is 15.8 Å². The van der Waals surface area contributed by atoms with Gasteiger partial charge in [0, 0.05) is 26.1 Å². The van der Waals surface area contributed by atoms with Crippen molar-refractivity contribution in [3.63, 3.8) is 0 Å². The van der Waals surface area contributed by atoms with Crippen molar-refractivity contribution < 1.29 is 9.53 Å². The zero-order chi connectivity index (χ0) is 19.1. The third kappa shape index (κ3) is 5.53. The highest BCUT2D eigenvalue weighted by Gasteiger charge is 2.33. The summed E-state index contributed by atoms with van der Waals surface area (Å²) < 4.78 is 5.52. The second kappa shape index (κ2) is 9.67. The molecule has 3 rings (SSSR count). The molecule has 1 unspecified atom stereocenters. The molecule has 1 amide bonds. The Morgan fingerprint density at radius 1 is 1.26 bits per heavy atom. The Morgan fingerprint density at radius 3 is 2.67 bits per heavy atom. The Kier molecular flexibility index (Phi) is 7.27. The SMILES string of the molecule is Cc1cccc(C(CNC(=O)CC2(CN)CCCCC2)N2CCOCC2)c1. The molecular formula is C22H35N3O2. The average Bonchev–Trinajstić information content (AvgIpc) is 2.70. The van der Waals surface area contributed by atoms with Gasteiger partial charge in [0.15, 0.2) is 0 Å². The van der Waals surface area contributed by atoms with E-state index in [-0.39, 0.29) is 17.4 Å². The number of aryl methyl sites for hydroxylation is 1. The van der Waals surface area contributed by atoms with E-state index >= 15 is 0 Å². The lowest BCUT2D eigenvalue weighted by atomic mass is 9.71. The molecule has 0 radical (unpaired) electrons. The first kappa shape index (κ1) is 20.3. The molecule has 0 aromatic heterocycles. The number of amides is 1. The lowest BCUT2D eigenvalue weighted by Crippen LogP contribution is -2.45. The number of ether oxygens (including phenoxy) is 1. The smallest absolute Gasteiger partial charge is 0.220 e. The number of hydrogen-bond donors (Lipinski definition) is 2. The van der Waals surface area contributed by atoms with Crippen molar-refractivity contribution in [1.82, 2.24) is 10.2 Å². The van der Waals surface area contributed by atoms with Gasteiger partial charge in [0.1, 0.15) is 0 Å². The van der Waals surface area contributed by atoms with Crippen LogP contribution in [0.3, 0.4) is 0 Å². The van der Waals surface area contributed by atoms with Crippen LogP contribution in [0.25, 0.3) is 0 Å². The zero-order valence-corrected chi connectivity index (χ0v) is 16.7.